The summed E-state index contributed by atoms with van der Waals surface area (Å²) in [7, 11) is 1.65. The van der Waals surface area contributed by atoms with Crippen molar-refractivity contribution < 1.29 is 9.53 Å². The van der Waals surface area contributed by atoms with Gasteiger partial charge in [0.05, 0.1) is 23.7 Å². The van der Waals surface area contributed by atoms with E-state index in [2.05, 4.69) is 16.0 Å². The lowest BCUT2D eigenvalue weighted by atomic mass is 10.0. The van der Waals surface area contributed by atoms with Crippen LogP contribution < -0.4 is 15.2 Å². The van der Waals surface area contributed by atoms with Crippen molar-refractivity contribution in [1.82, 2.24) is 14.3 Å². The zero-order chi connectivity index (χ0) is 24.5. The predicted molar refractivity (Wildman–Crippen MR) is 135 cm³/mol. The summed E-state index contributed by atoms with van der Waals surface area (Å²) < 4.78 is 6.79. The number of ether oxygens (including phenoxy) is 1. The van der Waals surface area contributed by atoms with Crippen molar-refractivity contribution in [3.05, 3.63) is 75.6 Å². The van der Waals surface area contributed by atoms with Crippen molar-refractivity contribution in [2.75, 3.05) is 38.2 Å². The Balaban J connectivity index is 1.31. The van der Waals surface area contributed by atoms with Gasteiger partial charge in [0.1, 0.15) is 17.5 Å². The summed E-state index contributed by atoms with van der Waals surface area (Å²) >= 11 is 0. The van der Waals surface area contributed by atoms with Crippen LogP contribution in [0.4, 0.5) is 5.69 Å². The fourth-order valence-electron chi connectivity index (χ4n) is 4.92. The highest BCUT2D eigenvalue weighted by molar-refractivity contribution is 5.83. The Kier molecular flexibility index (Phi) is 5.91. The van der Waals surface area contributed by atoms with E-state index in [1.807, 2.05) is 53.4 Å². The van der Waals surface area contributed by atoms with Crippen molar-refractivity contribution >= 4 is 28.3 Å². The fraction of sp³-hybridized carbons (Fsp3) is 0.296. The molecule has 8 heteroatoms. The molecule has 0 unspecified atom stereocenters. The number of hydrogen-bond acceptors (Lipinski definition) is 5. The highest BCUT2D eigenvalue weighted by atomic mass is 16.5. The van der Waals surface area contributed by atoms with E-state index < -0.39 is 0 Å². The number of aromatic nitrogens is 2. The quantitative estimate of drug-likeness (QED) is 0.484. The van der Waals surface area contributed by atoms with Gasteiger partial charge in [0.15, 0.2) is 0 Å². The summed E-state index contributed by atoms with van der Waals surface area (Å²) in [4.78, 5) is 33.7. The SMILES string of the molecule is COc1ccc(N2CCN(C(=O)CCc3c(C)c(C#N)c4[nH]c5ccccc5n4c3=O)CC2)cc1. The first-order chi connectivity index (χ1) is 17.0. The molecule has 4 aromatic rings. The molecule has 1 N–H and O–H groups in total. The number of nitrogens with zero attached hydrogens (tertiary/aromatic N) is 4. The van der Waals surface area contributed by atoms with Gasteiger partial charge in [-0.2, -0.15) is 5.26 Å². The average molecular weight is 470 g/mol. The van der Waals surface area contributed by atoms with Crippen molar-refractivity contribution in [3.8, 4) is 11.8 Å². The van der Waals surface area contributed by atoms with Gasteiger partial charge in [0.2, 0.25) is 5.91 Å². The molecule has 0 aliphatic carbocycles. The van der Waals surface area contributed by atoms with Gasteiger partial charge in [-0.15, -0.1) is 0 Å². The molecule has 0 radical (unpaired) electrons. The molecule has 8 nitrogen and oxygen atoms in total. The first-order valence-electron chi connectivity index (χ1n) is 11.7. The van der Waals surface area contributed by atoms with E-state index in [0.29, 0.717) is 41.8 Å². The second-order valence-electron chi connectivity index (χ2n) is 8.79. The molecule has 3 heterocycles. The van der Waals surface area contributed by atoms with E-state index in [1.165, 1.54) is 0 Å². The molecule has 1 amide bonds. The van der Waals surface area contributed by atoms with Gasteiger partial charge in [-0.05, 0) is 55.3 Å². The number of imidazole rings is 1. The van der Waals surface area contributed by atoms with E-state index in [4.69, 9.17) is 4.74 Å². The largest absolute Gasteiger partial charge is 0.497 e. The number of nitrogens with one attached hydrogen (secondary N) is 1. The number of hydrogen-bond donors (Lipinski definition) is 1. The van der Waals surface area contributed by atoms with Crippen molar-refractivity contribution in [2.24, 2.45) is 0 Å². The molecule has 0 bridgehead atoms. The van der Waals surface area contributed by atoms with Gasteiger partial charge >= 0.3 is 0 Å². The summed E-state index contributed by atoms with van der Waals surface area (Å²) in [6, 6.07) is 17.7. The number of para-hydroxylation sites is 2. The second-order valence-corrected chi connectivity index (χ2v) is 8.79. The third kappa shape index (κ3) is 3.99. The number of carbonyl (C=O) groups excluding carboxylic acids is 1. The molecule has 5 rings (SSSR count). The lowest BCUT2D eigenvalue weighted by Gasteiger charge is -2.36. The van der Waals surface area contributed by atoms with Gasteiger partial charge in [0, 0.05) is 43.9 Å². The Morgan fingerprint density at radius 2 is 1.80 bits per heavy atom. The van der Waals surface area contributed by atoms with Gasteiger partial charge < -0.3 is 19.5 Å². The number of H-pyrrole nitrogens is 1. The molecule has 2 aromatic heterocycles. The summed E-state index contributed by atoms with van der Waals surface area (Å²) in [6.07, 6.45) is 0.539. The van der Waals surface area contributed by atoms with Crippen LogP contribution in [0.1, 0.15) is 23.1 Å². The molecular weight excluding hydrogens is 442 g/mol. The predicted octanol–water partition coefficient (Wildman–Crippen LogP) is 3.25. The van der Waals surface area contributed by atoms with Crippen LogP contribution in [0.2, 0.25) is 0 Å². The molecular formula is C27H27N5O3. The monoisotopic (exact) mass is 469 g/mol. The van der Waals surface area contributed by atoms with Crippen LogP contribution in [0.3, 0.4) is 0 Å². The third-order valence-corrected chi connectivity index (χ3v) is 6.92. The Labute approximate surface area is 203 Å². The van der Waals surface area contributed by atoms with Crippen LogP contribution in [-0.4, -0.2) is 53.5 Å². The first kappa shape index (κ1) is 22.5. The Hall–Kier alpha value is -4.25. The third-order valence-electron chi connectivity index (χ3n) is 6.92. The number of aromatic amines is 1. The highest BCUT2D eigenvalue weighted by Gasteiger charge is 2.23. The van der Waals surface area contributed by atoms with E-state index in [9.17, 15) is 14.9 Å². The molecule has 1 fully saturated rings. The lowest BCUT2D eigenvalue weighted by Crippen LogP contribution is -2.48. The van der Waals surface area contributed by atoms with Gasteiger partial charge in [-0.3, -0.25) is 14.0 Å². The molecule has 2 aromatic carbocycles. The molecule has 178 valence electrons. The number of fused-ring (bicyclic) bond motifs is 3. The van der Waals surface area contributed by atoms with Crippen LogP contribution in [0.15, 0.2) is 53.3 Å². The highest BCUT2D eigenvalue weighted by Crippen LogP contribution is 2.23. The van der Waals surface area contributed by atoms with Crippen LogP contribution in [-0.2, 0) is 11.2 Å². The van der Waals surface area contributed by atoms with E-state index in [1.54, 1.807) is 18.4 Å². The number of piperazine rings is 1. The van der Waals surface area contributed by atoms with E-state index in [0.717, 1.165) is 35.6 Å². The zero-order valence-electron chi connectivity index (χ0n) is 19.9. The van der Waals surface area contributed by atoms with Gasteiger partial charge in [-0.1, -0.05) is 12.1 Å². The fourth-order valence-corrected chi connectivity index (χ4v) is 4.92. The summed E-state index contributed by atoms with van der Waals surface area (Å²) in [5, 5.41) is 9.81. The molecule has 1 saturated heterocycles. The van der Waals surface area contributed by atoms with Crippen LogP contribution in [0.5, 0.6) is 5.75 Å². The summed E-state index contributed by atoms with van der Waals surface area (Å²) in [5.74, 6) is 0.847. The number of nitriles is 1. The van der Waals surface area contributed by atoms with Gasteiger partial charge in [0.25, 0.3) is 5.56 Å². The molecule has 0 spiro atoms. The Morgan fingerprint density at radius 3 is 2.49 bits per heavy atom. The molecule has 1 aliphatic rings. The Bertz CT molecular complexity index is 1500. The standard InChI is InChI=1S/C27H27N5O3/c1-18-21(27(34)32-24-6-4-3-5-23(24)29-26(32)22(18)17-28)11-12-25(33)31-15-13-30(14-16-31)19-7-9-20(35-2)10-8-19/h3-10,29H,11-16H2,1-2H3. The smallest absolute Gasteiger partial charge is 0.260 e. The number of methoxy groups -OCH3 is 1. The lowest BCUT2D eigenvalue weighted by molar-refractivity contribution is -0.131. The van der Waals surface area contributed by atoms with Crippen molar-refractivity contribution in [2.45, 2.75) is 19.8 Å². The topological polar surface area (TPSA) is 93.8 Å². The maximum Gasteiger partial charge on any atom is 0.260 e. The maximum absolute atomic E-state index is 13.4. The molecule has 0 saturated carbocycles. The van der Waals surface area contributed by atoms with Crippen LogP contribution in [0.25, 0.3) is 16.7 Å². The van der Waals surface area contributed by atoms with Crippen molar-refractivity contribution in [1.29, 1.82) is 5.26 Å². The zero-order valence-corrected chi connectivity index (χ0v) is 19.9. The molecule has 1 aliphatic heterocycles. The van der Waals surface area contributed by atoms with Crippen LogP contribution >= 0.6 is 0 Å². The normalized spacial score (nSPS) is 13.9. The summed E-state index contributed by atoms with van der Waals surface area (Å²) in [6.45, 7) is 4.56. The number of amides is 1. The average Bonchev–Trinajstić information content (AvgIpc) is 3.28. The summed E-state index contributed by atoms with van der Waals surface area (Å²) in [5.41, 5.74) is 4.56. The number of carbonyl (C=O) groups is 1. The minimum Gasteiger partial charge on any atom is -0.497 e. The van der Waals surface area contributed by atoms with Crippen molar-refractivity contribution in [3.63, 3.8) is 0 Å². The number of anilines is 1. The second kappa shape index (κ2) is 9.18. The molecule has 35 heavy (non-hydrogen) atoms. The van der Waals surface area contributed by atoms with E-state index >= 15 is 0 Å². The van der Waals surface area contributed by atoms with Gasteiger partial charge in [-0.25, -0.2) is 0 Å². The van der Waals surface area contributed by atoms with Crippen LogP contribution in [0, 0.1) is 18.3 Å². The molecule has 0 atom stereocenters. The minimum atomic E-state index is -0.175. The number of pyridine rings is 1. The first-order valence-corrected chi connectivity index (χ1v) is 11.7. The minimum absolute atomic E-state index is 0.0284. The maximum atomic E-state index is 13.4. The number of rotatable bonds is 5. The Morgan fingerprint density at radius 1 is 1.09 bits per heavy atom. The van der Waals surface area contributed by atoms with E-state index in [-0.39, 0.29) is 17.9 Å². The number of benzene rings is 2.